The van der Waals surface area contributed by atoms with Crippen molar-refractivity contribution in [2.45, 2.75) is 20.1 Å². The fourth-order valence-corrected chi connectivity index (χ4v) is 1.75. The van der Waals surface area contributed by atoms with Gasteiger partial charge in [0.1, 0.15) is 17.0 Å². The normalized spacial score (nSPS) is 19.1. The molecule has 14 heavy (non-hydrogen) atoms. The minimum absolute atomic E-state index is 0.00704. The van der Waals surface area contributed by atoms with Crippen molar-refractivity contribution in [3.05, 3.63) is 18.0 Å². The van der Waals surface area contributed by atoms with E-state index in [2.05, 4.69) is 10.3 Å². The van der Waals surface area contributed by atoms with Gasteiger partial charge in [0.15, 0.2) is 17.7 Å². The average Bonchev–Trinajstić information content (AvgIpc) is 2.65. The quantitative estimate of drug-likeness (QED) is 0.692. The number of benzene rings is 1. The lowest BCUT2D eigenvalue weighted by Gasteiger charge is -2.00. The maximum absolute atomic E-state index is 5.53. The van der Waals surface area contributed by atoms with E-state index in [0.29, 0.717) is 5.89 Å². The highest BCUT2D eigenvalue weighted by molar-refractivity contribution is 5.91. The summed E-state index contributed by atoms with van der Waals surface area (Å²) in [6.45, 7) is 3.80. The highest BCUT2D eigenvalue weighted by Gasteiger charge is 2.22. The summed E-state index contributed by atoms with van der Waals surface area (Å²) >= 11 is 0. The standard InChI is InChI=1S/C10H10N2O2/c1-5-11-9-7(13-5)3-4-8-10(9)12-6(2)14-8/h3-5,11H,1-2H3. The predicted molar refractivity (Wildman–Crippen MR) is 52.5 cm³/mol. The molecule has 1 aromatic heterocycles. The van der Waals surface area contributed by atoms with Crippen LogP contribution in [0.2, 0.25) is 0 Å². The summed E-state index contributed by atoms with van der Waals surface area (Å²) in [5.74, 6) is 1.52. The van der Waals surface area contributed by atoms with Gasteiger partial charge in [0.25, 0.3) is 0 Å². The molecule has 0 saturated carbocycles. The Hall–Kier alpha value is -1.71. The Labute approximate surface area is 80.9 Å². The number of fused-ring (bicyclic) bond motifs is 3. The zero-order valence-corrected chi connectivity index (χ0v) is 8.00. The second-order valence-electron chi connectivity index (χ2n) is 3.42. The first-order chi connectivity index (χ1) is 6.74. The van der Waals surface area contributed by atoms with E-state index < -0.39 is 0 Å². The maximum Gasteiger partial charge on any atom is 0.192 e. The van der Waals surface area contributed by atoms with Gasteiger partial charge < -0.3 is 14.5 Å². The van der Waals surface area contributed by atoms with E-state index in [1.165, 1.54) is 0 Å². The Morgan fingerprint density at radius 2 is 2.29 bits per heavy atom. The number of anilines is 1. The summed E-state index contributed by atoms with van der Waals surface area (Å²) in [5, 5.41) is 3.21. The second-order valence-corrected chi connectivity index (χ2v) is 3.42. The average molecular weight is 190 g/mol. The van der Waals surface area contributed by atoms with Crippen molar-refractivity contribution in [3.8, 4) is 5.75 Å². The largest absolute Gasteiger partial charge is 0.469 e. The number of nitrogens with zero attached hydrogens (tertiary/aromatic N) is 1. The number of hydrogen-bond donors (Lipinski definition) is 1. The molecule has 4 heteroatoms. The minimum Gasteiger partial charge on any atom is -0.469 e. The third kappa shape index (κ3) is 0.907. The molecule has 3 rings (SSSR count). The molecular formula is C10H10N2O2. The number of oxazole rings is 1. The number of ether oxygens (including phenoxy) is 1. The van der Waals surface area contributed by atoms with Crippen LogP contribution < -0.4 is 10.1 Å². The maximum atomic E-state index is 5.53. The molecule has 0 saturated heterocycles. The molecule has 0 spiro atoms. The van der Waals surface area contributed by atoms with Crippen LogP contribution >= 0.6 is 0 Å². The van der Waals surface area contributed by atoms with Gasteiger partial charge in [-0.05, 0) is 19.1 Å². The predicted octanol–water partition coefficient (Wildman–Crippen LogP) is 2.29. The van der Waals surface area contributed by atoms with Crippen LogP contribution in [0.1, 0.15) is 12.8 Å². The summed E-state index contributed by atoms with van der Waals surface area (Å²) in [7, 11) is 0. The second kappa shape index (κ2) is 2.41. The van der Waals surface area contributed by atoms with Crippen molar-refractivity contribution >= 4 is 16.8 Å². The Balaban J connectivity index is 2.32. The zero-order valence-electron chi connectivity index (χ0n) is 8.00. The van der Waals surface area contributed by atoms with Crippen LogP contribution in [0.15, 0.2) is 16.5 Å². The van der Waals surface area contributed by atoms with Gasteiger partial charge in [-0.25, -0.2) is 4.98 Å². The van der Waals surface area contributed by atoms with Gasteiger partial charge in [-0.15, -0.1) is 0 Å². The van der Waals surface area contributed by atoms with E-state index in [9.17, 15) is 0 Å². The SMILES string of the molecule is Cc1nc2c3c(ccc2o1)OC(C)N3. The van der Waals surface area contributed by atoms with Crippen molar-refractivity contribution in [2.75, 3.05) is 5.32 Å². The molecule has 0 radical (unpaired) electrons. The Morgan fingerprint density at radius 3 is 3.14 bits per heavy atom. The highest BCUT2D eigenvalue weighted by Crippen LogP contribution is 2.37. The Bertz CT molecular complexity index is 504. The molecule has 1 unspecified atom stereocenters. The summed E-state index contributed by atoms with van der Waals surface area (Å²) in [5.41, 5.74) is 2.59. The fraction of sp³-hybridized carbons (Fsp3) is 0.300. The monoisotopic (exact) mass is 190 g/mol. The van der Waals surface area contributed by atoms with Gasteiger partial charge in [0, 0.05) is 6.92 Å². The third-order valence-electron chi connectivity index (χ3n) is 2.28. The van der Waals surface area contributed by atoms with Gasteiger partial charge in [0.2, 0.25) is 0 Å². The van der Waals surface area contributed by atoms with E-state index in [1.54, 1.807) is 0 Å². The summed E-state index contributed by atoms with van der Waals surface area (Å²) in [6, 6.07) is 3.78. The fourth-order valence-electron chi connectivity index (χ4n) is 1.75. The van der Waals surface area contributed by atoms with Gasteiger partial charge in [-0.2, -0.15) is 0 Å². The molecule has 1 aliphatic heterocycles. The molecular weight excluding hydrogens is 180 g/mol. The van der Waals surface area contributed by atoms with Gasteiger partial charge in [0.05, 0.1) is 0 Å². The smallest absolute Gasteiger partial charge is 0.192 e. The molecule has 4 nitrogen and oxygen atoms in total. The highest BCUT2D eigenvalue weighted by atomic mass is 16.5. The van der Waals surface area contributed by atoms with Crippen LogP contribution in [0, 0.1) is 6.92 Å². The van der Waals surface area contributed by atoms with Gasteiger partial charge >= 0.3 is 0 Å². The molecule has 0 fully saturated rings. The lowest BCUT2D eigenvalue weighted by Crippen LogP contribution is -2.14. The van der Waals surface area contributed by atoms with Crippen molar-refractivity contribution in [3.63, 3.8) is 0 Å². The lowest BCUT2D eigenvalue weighted by atomic mass is 10.2. The van der Waals surface area contributed by atoms with E-state index >= 15 is 0 Å². The number of rotatable bonds is 0. The molecule has 1 atom stereocenters. The van der Waals surface area contributed by atoms with Crippen molar-refractivity contribution < 1.29 is 9.15 Å². The van der Waals surface area contributed by atoms with Crippen LogP contribution in [0.5, 0.6) is 5.75 Å². The molecule has 1 aliphatic rings. The van der Waals surface area contributed by atoms with E-state index in [4.69, 9.17) is 9.15 Å². The van der Waals surface area contributed by atoms with Crippen molar-refractivity contribution in [1.29, 1.82) is 0 Å². The van der Waals surface area contributed by atoms with Gasteiger partial charge in [-0.3, -0.25) is 0 Å². The molecule has 2 heterocycles. The number of aryl methyl sites for hydroxylation is 1. The molecule has 2 aromatic rings. The van der Waals surface area contributed by atoms with Crippen LogP contribution in [0.25, 0.3) is 11.1 Å². The number of nitrogens with one attached hydrogen (secondary N) is 1. The molecule has 0 amide bonds. The first kappa shape index (κ1) is 7.67. The van der Waals surface area contributed by atoms with Crippen LogP contribution in [0.3, 0.4) is 0 Å². The number of aromatic nitrogens is 1. The van der Waals surface area contributed by atoms with Gasteiger partial charge in [-0.1, -0.05) is 0 Å². The topological polar surface area (TPSA) is 47.3 Å². The first-order valence-corrected chi connectivity index (χ1v) is 4.57. The van der Waals surface area contributed by atoms with E-state index in [1.807, 2.05) is 26.0 Å². The van der Waals surface area contributed by atoms with E-state index in [-0.39, 0.29) is 6.23 Å². The van der Waals surface area contributed by atoms with Crippen LogP contribution in [-0.2, 0) is 0 Å². The van der Waals surface area contributed by atoms with Crippen LogP contribution in [0.4, 0.5) is 5.69 Å². The van der Waals surface area contributed by atoms with E-state index in [0.717, 1.165) is 22.5 Å². The minimum atomic E-state index is 0.00704. The summed E-state index contributed by atoms with van der Waals surface area (Å²) in [6.07, 6.45) is 0.00704. The molecule has 0 bridgehead atoms. The van der Waals surface area contributed by atoms with Crippen molar-refractivity contribution in [2.24, 2.45) is 0 Å². The molecule has 1 N–H and O–H groups in total. The summed E-state index contributed by atoms with van der Waals surface area (Å²) < 4.78 is 11.0. The molecule has 1 aromatic carbocycles. The Morgan fingerprint density at radius 1 is 1.43 bits per heavy atom. The molecule has 0 aliphatic carbocycles. The zero-order chi connectivity index (χ0) is 9.71. The van der Waals surface area contributed by atoms with Crippen LogP contribution in [-0.4, -0.2) is 11.2 Å². The molecule has 72 valence electrons. The first-order valence-electron chi connectivity index (χ1n) is 4.57. The van der Waals surface area contributed by atoms with Crippen molar-refractivity contribution in [1.82, 2.24) is 4.98 Å². The summed E-state index contributed by atoms with van der Waals surface area (Å²) in [4.78, 5) is 4.31. The lowest BCUT2D eigenvalue weighted by molar-refractivity contribution is 0.275. The third-order valence-corrected chi connectivity index (χ3v) is 2.28. The number of hydrogen-bond acceptors (Lipinski definition) is 4. The Kier molecular flexibility index (Phi) is 1.32.